The van der Waals surface area contributed by atoms with Crippen LogP contribution in [-0.2, 0) is 4.79 Å². The van der Waals surface area contributed by atoms with Crippen molar-refractivity contribution < 1.29 is 4.79 Å². The van der Waals surface area contributed by atoms with Gasteiger partial charge in [-0.2, -0.15) is 0 Å². The van der Waals surface area contributed by atoms with Gasteiger partial charge in [0, 0.05) is 39.1 Å². The molecule has 0 spiro atoms. The first kappa shape index (κ1) is 15.4. The van der Waals surface area contributed by atoms with E-state index in [0.717, 1.165) is 26.1 Å². The molecule has 0 aliphatic carbocycles. The average Bonchev–Trinajstić information content (AvgIpc) is 2.79. The van der Waals surface area contributed by atoms with Gasteiger partial charge < -0.3 is 10.2 Å². The molecule has 1 unspecified atom stereocenters. The van der Waals surface area contributed by atoms with Crippen LogP contribution >= 0.6 is 0 Å². The standard InChI is InChI=1S/C14H29N3O/c1-12(2)17(11-13-7-5-9-15-13)10-6-8-14(18)16(3)4/h12-13,15H,5-11H2,1-4H3. The summed E-state index contributed by atoms with van der Waals surface area (Å²) in [6.45, 7) is 7.78. The minimum absolute atomic E-state index is 0.234. The van der Waals surface area contributed by atoms with Gasteiger partial charge in [-0.25, -0.2) is 0 Å². The van der Waals surface area contributed by atoms with E-state index in [1.807, 2.05) is 14.1 Å². The zero-order valence-corrected chi connectivity index (χ0v) is 12.4. The second-order valence-electron chi connectivity index (χ2n) is 5.77. The lowest BCUT2D eigenvalue weighted by atomic mass is 10.1. The van der Waals surface area contributed by atoms with Crippen LogP contribution in [0.1, 0.15) is 39.5 Å². The maximum atomic E-state index is 11.5. The summed E-state index contributed by atoms with van der Waals surface area (Å²) >= 11 is 0. The summed E-state index contributed by atoms with van der Waals surface area (Å²) in [6.07, 6.45) is 4.21. The fourth-order valence-corrected chi connectivity index (χ4v) is 2.41. The molecule has 4 nitrogen and oxygen atoms in total. The van der Waals surface area contributed by atoms with E-state index < -0.39 is 0 Å². The Hall–Kier alpha value is -0.610. The van der Waals surface area contributed by atoms with Crippen LogP contribution in [0.4, 0.5) is 0 Å². The Kier molecular flexibility index (Phi) is 6.65. The van der Waals surface area contributed by atoms with E-state index in [9.17, 15) is 4.79 Å². The fourth-order valence-electron chi connectivity index (χ4n) is 2.41. The van der Waals surface area contributed by atoms with Crippen molar-refractivity contribution in [3.8, 4) is 0 Å². The predicted molar refractivity (Wildman–Crippen MR) is 75.7 cm³/mol. The summed E-state index contributed by atoms with van der Waals surface area (Å²) in [6, 6.07) is 1.21. The highest BCUT2D eigenvalue weighted by atomic mass is 16.2. The predicted octanol–water partition coefficient (Wildman–Crippen LogP) is 1.32. The van der Waals surface area contributed by atoms with Gasteiger partial charge in [0.25, 0.3) is 0 Å². The zero-order chi connectivity index (χ0) is 13.5. The summed E-state index contributed by atoms with van der Waals surface area (Å²) in [4.78, 5) is 15.7. The lowest BCUT2D eigenvalue weighted by Gasteiger charge is -2.29. The molecule has 0 radical (unpaired) electrons. The van der Waals surface area contributed by atoms with Crippen LogP contribution in [0, 0.1) is 0 Å². The van der Waals surface area contributed by atoms with Crippen molar-refractivity contribution in [2.75, 3.05) is 33.7 Å². The van der Waals surface area contributed by atoms with Gasteiger partial charge in [-0.3, -0.25) is 9.69 Å². The molecule has 1 atom stereocenters. The van der Waals surface area contributed by atoms with Crippen molar-refractivity contribution in [3.63, 3.8) is 0 Å². The van der Waals surface area contributed by atoms with Crippen molar-refractivity contribution in [2.24, 2.45) is 0 Å². The van der Waals surface area contributed by atoms with Crippen molar-refractivity contribution >= 4 is 5.91 Å². The van der Waals surface area contributed by atoms with Gasteiger partial charge in [0.05, 0.1) is 0 Å². The SMILES string of the molecule is CC(C)N(CCCC(=O)N(C)C)CC1CCCN1. The Labute approximate surface area is 112 Å². The molecule has 1 rings (SSSR count). The Bertz CT molecular complexity index is 247. The molecule has 1 heterocycles. The monoisotopic (exact) mass is 255 g/mol. The molecule has 0 saturated carbocycles. The maximum absolute atomic E-state index is 11.5. The molecule has 1 saturated heterocycles. The smallest absolute Gasteiger partial charge is 0.222 e. The largest absolute Gasteiger partial charge is 0.349 e. The molecule has 0 aromatic carbocycles. The quantitative estimate of drug-likeness (QED) is 0.745. The lowest BCUT2D eigenvalue weighted by molar-refractivity contribution is -0.128. The topological polar surface area (TPSA) is 35.6 Å². The van der Waals surface area contributed by atoms with Crippen LogP contribution in [0.2, 0.25) is 0 Å². The third-order valence-electron chi connectivity index (χ3n) is 3.68. The van der Waals surface area contributed by atoms with E-state index in [2.05, 4.69) is 24.1 Å². The molecule has 1 fully saturated rings. The number of carbonyl (C=O) groups excluding carboxylic acids is 1. The summed E-state index contributed by atoms with van der Waals surface area (Å²) in [7, 11) is 3.65. The highest BCUT2D eigenvalue weighted by molar-refractivity contribution is 5.75. The second kappa shape index (κ2) is 7.74. The number of nitrogens with zero attached hydrogens (tertiary/aromatic N) is 2. The van der Waals surface area contributed by atoms with Crippen LogP contribution in [0.15, 0.2) is 0 Å². The molecule has 106 valence electrons. The van der Waals surface area contributed by atoms with Gasteiger partial charge in [0.2, 0.25) is 5.91 Å². The van der Waals surface area contributed by atoms with Crippen molar-refractivity contribution in [1.82, 2.24) is 15.1 Å². The van der Waals surface area contributed by atoms with E-state index in [0.29, 0.717) is 18.5 Å². The number of nitrogens with one attached hydrogen (secondary N) is 1. The first-order valence-electron chi connectivity index (χ1n) is 7.18. The van der Waals surface area contributed by atoms with E-state index in [1.54, 1.807) is 4.90 Å². The molecule has 4 heteroatoms. The number of amides is 1. The van der Waals surface area contributed by atoms with Crippen LogP contribution in [-0.4, -0.2) is 61.5 Å². The highest BCUT2D eigenvalue weighted by Gasteiger charge is 2.19. The number of hydrogen-bond acceptors (Lipinski definition) is 3. The summed E-state index contributed by atoms with van der Waals surface area (Å²) in [5, 5.41) is 3.54. The van der Waals surface area contributed by atoms with Gasteiger partial charge in [-0.05, 0) is 46.2 Å². The van der Waals surface area contributed by atoms with Crippen LogP contribution < -0.4 is 5.32 Å². The van der Waals surface area contributed by atoms with Crippen LogP contribution in [0.3, 0.4) is 0 Å². The molecule has 1 amide bonds. The van der Waals surface area contributed by atoms with Crippen LogP contribution in [0.5, 0.6) is 0 Å². The minimum Gasteiger partial charge on any atom is -0.349 e. The number of rotatable bonds is 7. The first-order chi connectivity index (χ1) is 8.50. The van der Waals surface area contributed by atoms with Crippen LogP contribution in [0.25, 0.3) is 0 Å². The normalized spacial score (nSPS) is 19.8. The van der Waals surface area contributed by atoms with E-state index in [1.165, 1.54) is 12.8 Å². The second-order valence-corrected chi connectivity index (χ2v) is 5.77. The third-order valence-corrected chi connectivity index (χ3v) is 3.68. The molecule has 0 aromatic rings. The molecule has 1 N–H and O–H groups in total. The third kappa shape index (κ3) is 5.36. The fraction of sp³-hybridized carbons (Fsp3) is 0.929. The molecular formula is C14H29N3O. The molecule has 1 aliphatic heterocycles. The first-order valence-corrected chi connectivity index (χ1v) is 7.18. The number of carbonyl (C=O) groups is 1. The Morgan fingerprint density at radius 2 is 2.11 bits per heavy atom. The average molecular weight is 255 g/mol. The van der Waals surface area contributed by atoms with Crippen molar-refractivity contribution in [2.45, 2.75) is 51.6 Å². The van der Waals surface area contributed by atoms with Gasteiger partial charge in [0.15, 0.2) is 0 Å². The van der Waals surface area contributed by atoms with Gasteiger partial charge >= 0.3 is 0 Å². The molecule has 18 heavy (non-hydrogen) atoms. The van der Waals surface area contributed by atoms with E-state index >= 15 is 0 Å². The lowest BCUT2D eigenvalue weighted by Crippen LogP contribution is -2.42. The molecule has 0 aromatic heterocycles. The molecule has 0 bridgehead atoms. The Morgan fingerprint density at radius 1 is 1.39 bits per heavy atom. The van der Waals surface area contributed by atoms with Gasteiger partial charge in [0.1, 0.15) is 0 Å². The zero-order valence-electron chi connectivity index (χ0n) is 12.4. The summed E-state index contributed by atoms with van der Waals surface area (Å²) in [5.41, 5.74) is 0. The van der Waals surface area contributed by atoms with Gasteiger partial charge in [-0.1, -0.05) is 0 Å². The van der Waals surface area contributed by atoms with E-state index in [-0.39, 0.29) is 5.91 Å². The van der Waals surface area contributed by atoms with E-state index in [4.69, 9.17) is 0 Å². The van der Waals surface area contributed by atoms with Crippen molar-refractivity contribution in [3.05, 3.63) is 0 Å². The summed E-state index contributed by atoms with van der Waals surface area (Å²) < 4.78 is 0. The Morgan fingerprint density at radius 3 is 2.61 bits per heavy atom. The Balaban J connectivity index is 2.27. The van der Waals surface area contributed by atoms with Crippen molar-refractivity contribution in [1.29, 1.82) is 0 Å². The minimum atomic E-state index is 0.234. The molecule has 1 aliphatic rings. The number of hydrogen-bond donors (Lipinski definition) is 1. The summed E-state index contributed by atoms with van der Waals surface area (Å²) in [5.74, 6) is 0.234. The maximum Gasteiger partial charge on any atom is 0.222 e. The molecular weight excluding hydrogens is 226 g/mol. The van der Waals surface area contributed by atoms with Gasteiger partial charge in [-0.15, -0.1) is 0 Å². The highest BCUT2D eigenvalue weighted by Crippen LogP contribution is 2.10.